The maximum absolute atomic E-state index is 11.8. The van der Waals surface area contributed by atoms with E-state index >= 15 is 0 Å². The van der Waals surface area contributed by atoms with Crippen LogP contribution in [0.1, 0.15) is 31.9 Å². The smallest absolute Gasteiger partial charge is 0.348 e. The molecule has 0 heterocycles. The van der Waals surface area contributed by atoms with Crippen LogP contribution in [0.2, 0.25) is 0 Å². The van der Waals surface area contributed by atoms with Gasteiger partial charge in [-0.1, -0.05) is 45.0 Å². The van der Waals surface area contributed by atoms with E-state index in [1.165, 1.54) is 0 Å². The number of nitrogens with zero attached hydrogens (tertiary/aromatic N) is 1. The lowest BCUT2D eigenvalue weighted by Crippen LogP contribution is -2.11. The molecule has 0 fully saturated rings. The van der Waals surface area contributed by atoms with Gasteiger partial charge in [0.2, 0.25) is 0 Å². The first kappa shape index (κ1) is 15.0. The van der Waals surface area contributed by atoms with Gasteiger partial charge in [0.1, 0.15) is 11.6 Å². The van der Waals surface area contributed by atoms with Gasteiger partial charge in [0.05, 0.1) is 6.61 Å². The molecule has 0 spiro atoms. The summed E-state index contributed by atoms with van der Waals surface area (Å²) < 4.78 is 5.07. The van der Waals surface area contributed by atoms with Crippen LogP contribution >= 0.6 is 0 Å². The largest absolute Gasteiger partial charge is 0.461 e. The lowest BCUT2D eigenvalue weighted by Gasteiger charge is -2.07. The van der Waals surface area contributed by atoms with Gasteiger partial charge in [-0.25, -0.2) is 4.79 Å². The number of hydrogen-bond acceptors (Lipinski definition) is 3. The number of carbonyl (C=O) groups excluding carboxylic acids is 1. The van der Waals surface area contributed by atoms with Crippen molar-refractivity contribution in [2.24, 2.45) is 5.92 Å². The summed E-state index contributed by atoms with van der Waals surface area (Å²) in [5.41, 5.74) is 2.04. The Kier molecular flexibility index (Phi) is 5.81. The average Bonchev–Trinajstić information content (AvgIpc) is 2.42. The summed E-state index contributed by atoms with van der Waals surface area (Å²) in [6.45, 7) is 6.27. The number of esters is 1. The highest BCUT2D eigenvalue weighted by Crippen LogP contribution is 2.14. The highest BCUT2D eigenvalue weighted by atomic mass is 16.5. The van der Waals surface area contributed by atoms with Crippen molar-refractivity contribution in [2.45, 2.75) is 27.2 Å². The zero-order chi connectivity index (χ0) is 14.3. The molecular weight excluding hydrogens is 238 g/mol. The van der Waals surface area contributed by atoms with E-state index in [1.807, 2.05) is 51.1 Å². The van der Waals surface area contributed by atoms with Crippen LogP contribution in [0.25, 0.3) is 6.08 Å². The third kappa shape index (κ3) is 4.59. The molecule has 0 saturated heterocycles. The fraction of sp³-hybridized carbons (Fsp3) is 0.375. The number of hydrogen-bond donors (Lipinski definition) is 0. The maximum atomic E-state index is 11.8. The third-order valence-corrected chi connectivity index (χ3v) is 2.62. The summed E-state index contributed by atoms with van der Waals surface area (Å²) >= 11 is 0. The van der Waals surface area contributed by atoms with Crippen LogP contribution in [0.15, 0.2) is 29.8 Å². The fourth-order valence-electron chi connectivity index (χ4n) is 1.61. The van der Waals surface area contributed by atoms with E-state index in [1.54, 1.807) is 6.08 Å². The summed E-state index contributed by atoms with van der Waals surface area (Å²) in [6, 6.07) is 9.63. The summed E-state index contributed by atoms with van der Waals surface area (Å²) in [6.07, 6.45) is 2.45. The van der Waals surface area contributed by atoms with Crippen LogP contribution in [0.4, 0.5) is 0 Å². The van der Waals surface area contributed by atoms with Gasteiger partial charge in [-0.2, -0.15) is 5.26 Å². The summed E-state index contributed by atoms with van der Waals surface area (Å²) in [4.78, 5) is 11.8. The van der Waals surface area contributed by atoms with E-state index in [0.717, 1.165) is 17.5 Å². The van der Waals surface area contributed by atoms with Crippen LogP contribution in [0.3, 0.4) is 0 Å². The number of ether oxygens (including phenoxy) is 1. The molecule has 0 N–H and O–H groups in total. The molecule has 0 aliphatic carbocycles. The zero-order valence-corrected chi connectivity index (χ0v) is 11.6. The third-order valence-electron chi connectivity index (χ3n) is 2.62. The van der Waals surface area contributed by atoms with Gasteiger partial charge >= 0.3 is 5.97 Å². The maximum Gasteiger partial charge on any atom is 0.348 e. The van der Waals surface area contributed by atoms with Gasteiger partial charge in [0.15, 0.2) is 0 Å². The Bertz CT molecular complexity index is 510. The van der Waals surface area contributed by atoms with Crippen molar-refractivity contribution in [1.82, 2.24) is 0 Å². The van der Waals surface area contributed by atoms with Gasteiger partial charge in [-0.05, 0) is 29.5 Å². The van der Waals surface area contributed by atoms with Crippen molar-refractivity contribution in [3.8, 4) is 6.07 Å². The molecule has 1 aromatic rings. The number of aryl methyl sites for hydroxylation is 1. The lowest BCUT2D eigenvalue weighted by molar-refractivity contribution is -0.139. The first-order chi connectivity index (χ1) is 9.08. The van der Waals surface area contributed by atoms with Gasteiger partial charge in [0, 0.05) is 0 Å². The molecule has 1 rings (SSSR count). The highest BCUT2D eigenvalue weighted by Gasteiger charge is 2.12. The van der Waals surface area contributed by atoms with Crippen molar-refractivity contribution in [1.29, 1.82) is 5.26 Å². The summed E-state index contributed by atoms with van der Waals surface area (Å²) in [7, 11) is 0. The van der Waals surface area contributed by atoms with Crippen LogP contribution in [0.5, 0.6) is 0 Å². The molecule has 1 aromatic carbocycles. The van der Waals surface area contributed by atoms with E-state index in [4.69, 9.17) is 10.00 Å². The molecule has 3 heteroatoms. The Morgan fingerprint density at radius 2 is 2.11 bits per heavy atom. The van der Waals surface area contributed by atoms with E-state index in [-0.39, 0.29) is 11.5 Å². The summed E-state index contributed by atoms with van der Waals surface area (Å²) in [5.74, 6) is -0.297. The molecule has 0 unspecified atom stereocenters. The molecule has 0 saturated carbocycles. The second-order valence-corrected chi connectivity index (χ2v) is 4.71. The molecule has 0 bridgehead atoms. The molecule has 19 heavy (non-hydrogen) atoms. The van der Waals surface area contributed by atoms with Crippen LogP contribution < -0.4 is 0 Å². The van der Waals surface area contributed by atoms with E-state index in [9.17, 15) is 4.79 Å². The molecule has 0 aliphatic rings. The molecule has 0 amide bonds. The van der Waals surface area contributed by atoms with Gasteiger partial charge in [-0.15, -0.1) is 0 Å². The Morgan fingerprint density at radius 3 is 2.68 bits per heavy atom. The first-order valence-corrected chi connectivity index (χ1v) is 6.45. The SMILES string of the molecule is CCc1ccccc1/C=C(\C#N)C(=O)OCC(C)C. The zero-order valence-electron chi connectivity index (χ0n) is 11.6. The van der Waals surface area contributed by atoms with Crippen molar-refractivity contribution >= 4 is 12.0 Å². The normalized spacial score (nSPS) is 11.2. The van der Waals surface area contributed by atoms with Crippen LogP contribution in [0, 0.1) is 17.2 Å². The quantitative estimate of drug-likeness (QED) is 0.461. The monoisotopic (exact) mass is 257 g/mol. The molecule has 0 atom stereocenters. The topological polar surface area (TPSA) is 50.1 Å². The minimum Gasteiger partial charge on any atom is -0.461 e. The summed E-state index contributed by atoms with van der Waals surface area (Å²) in [5, 5.41) is 9.07. The van der Waals surface area contributed by atoms with Crippen molar-refractivity contribution in [3.05, 3.63) is 41.0 Å². The molecular formula is C16H19NO2. The van der Waals surface area contributed by atoms with Crippen LogP contribution in [-0.2, 0) is 16.0 Å². The lowest BCUT2D eigenvalue weighted by atomic mass is 10.0. The number of rotatable bonds is 5. The Labute approximate surface area is 114 Å². The van der Waals surface area contributed by atoms with Gasteiger partial charge in [0.25, 0.3) is 0 Å². The van der Waals surface area contributed by atoms with Gasteiger partial charge in [-0.3, -0.25) is 0 Å². The number of nitriles is 1. The number of benzene rings is 1. The van der Waals surface area contributed by atoms with E-state index < -0.39 is 5.97 Å². The Balaban J connectivity index is 2.93. The molecule has 0 aromatic heterocycles. The van der Waals surface area contributed by atoms with E-state index in [2.05, 4.69) is 0 Å². The van der Waals surface area contributed by atoms with Gasteiger partial charge < -0.3 is 4.74 Å². The minimum atomic E-state index is -0.554. The first-order valence-electron chi connectivity index (χ1n) is 6.45. The highest BCUT2D eigenvalue weighted by molar-refractivity contribution is 5.98. The predicted octanol–water partition coefficient (Wildman–Crippen LogP) is 3.36. The minimum absolute atomic E-state index is 0.0431. The Morgan fingerprint density at radius 1 is 1.42 bits per heavy atom. The van der Waals surface area contributed by atoms with E-state index in [0.29, 0.717) is 6.61 Å². The second-order valence-electron chi connectivity index (χ2n) is 4.71. The fourth-order valence-corrected chi connectivity index (χ4v) is 1.61. The standard InChI is InChI=1S/C16H19NO2/c1-4-13-7-5-6-8-14(13)9-15(10-17)16(18)19-11-12(2)3/h5-9,12H,4,11H2,1-3H3/b15-9+. The molecule has 0 aliphatic heterocycles. The molecule has 0 radical (unpaired) electrons. The average molecular weight is 257 g/mol. The molecule has 3 nitrogen and oxygen atoms in total. The van der Waals surface area contributed by atoms with Crippen molar-refractivity contribution in [2.75, 3.05) is 6.61 Å². The number of carbonyl (C=O) groups is 1. The Hall–Kier alpha value is -2.08. The van der Waals surface area contributed by atoms with Crippen molar-refractivity contribution < 1.29 is 9.53 Å². The second kappa shape index (κ2) is 7.38. The van der Waals surface area contributed by atoms with Crippen LogP contribution in [-0.4, -0.2) is 12.6 Å². The predicted molar refractivity (Wildman–Crippen MR) is 75.2 cm³/mol. The van der Waals surface area contributed by atoms with Crippen molar-refractivity contribution in [3.63, 3.8) is 0 Å². The molecule has 100 valence electrons.